The van der Waals surface area contributed by atoms with Crippen LogP contribution in [0.2, 0.25) is 0 Å². The molecule has 0 aromatic heterocycles. The molecule has 5 heteroatoms. The Kier molecular flexibility index (Phi) is 4.44. The van der Waals surface area contributed by atoms with Gasteiger partial charge in [-0.15, -0.1) is 0 Å². The van der Waals surface area contributed by atoms with Crippen LogP contribution in [0.3, 0.4) is 0 Å². The lowest BCUT2D eigenvalue weighted by Crippen LogP contribution is -2.24. The van der Waals surface area contributed by atoms with Gasteiger partial charge in [-0.25, -0.2) is 4.79 Å². The number of para-hydroxylation sites is 1. The Bertz CT molecular complexity index is 901. The summed E-state index contributed by atoms with van der Waals surface area (Å²) in [7, 11) is 0. The second-order valence-electron chi connectivity index (χ2n) is 6.46. The van der Waals surface area contributed by atoms with Crippen LogP contribution in [-0.2, 0) is 27.2 Å². The zero-order valence-corrected chi connectivity index (χ0v) is 14.3. The van der Waals surface area contributed by atoms with Gasteiger partial charge in [0.1, 0.15) is 12.4 Å². The molecule has 0 radical (unpaired) electrons. The van der Waals surface area contributed by atoms with Crippen LogP contribution >= 0.6 is 0 Å². The number of carbonyl (C=O) groups excluding carboxylic acids is 2. The van der Waals surface area contributed by atoms with Gasteiger partial charge in [-0.2, -0.15) is 0 Å². The number of anilines is 1. The fourth-order valence-corrected chi connectivity index (χ4v) is 3.30. The molecule has 1 amide bonds. The second-order valence-corrected chi connectivity index (χ2v) is 6.46. The molecule has 2 aromatic carbocycles. The molecular formula is C21H19NO4. The number of aryl methyl sites for hydroxylation is 2. The molecule has 1 aliphatic carbocycles. The number of fused-ring (bicyclic) bond motifs is 2. The summed E-state index contributed by atoms with van der Waals surface area (Å²) < 4.78 is 10.7. The van der Waals surface area contributed by atoms with Crippen molar-refractivity contribution in [3.8, 4) is 5.75 Å². The van der Waals surface area contributed by atoms with Crippen molar-refractivity contribution in [3.63, 3.8) is 0 Å². The zero-order valence-electron chi connectivity index (χ0n) is 14.3. The van der Waals surface area contributed by atoms with E-state index in [-0.39, 0.29) is 19.1 Å². The molecule has 1 aliphatic heterocycles. The minimum absolute atomic E-state index is 0.141. The van der Waals surface area contributed by atoms with E-state index in [0.29, 0.717) is 5.57 Å². The Balaban J connectivity index is 1.33. The number of nitrogens with one attached hydrogen (secondary N) is 1. The Morgan fingerprint density at radius 1 is 1.08 bits per heavy atom. The van der Waals surface area contributed by atoms with Gasteiger partial charge in [0, 0.05) is 11.3 Å². The minimum Gasteiger partial charge on any atom is -0.488 e. The van der Waals surface area contributed by atoms with E-state index in [4.69, 9.17) is 9.47 Å². The van der Waals surface area contributed by atoms with E-state index < -0.39 is 5.97 Å². The summed E-state index contributed by atoms with van der Waals surface area (Å²) in [6.07, 6.45) is 5.04. The molecule has 26 heavy (non-hydrogen) atoms. The van der Waals surface area contributed by atoms with Crippen molar-refractivity contribution in [2.24, 2.45) is 0 Å². The molecule has 5 nitrogen and oxygen atoms in total. The largest absolute Gasteiger partial charge is 0.488 e. The van der Waals surface area contributed by atoms with E-state index in [0.717, 1.165) is 36.3 Å². The Labute approximate surface area is 151 Å². The summed E-state index contributed by atoms with van der Waals surface area (Å²) in [5.74, 6) is -0.156. The van der Waals surface area contributed by atoms with Crippen molar-refractivity contribution in [2.45, 2.75) is 19.3 Å². The number of amides is 1. The van der Waals surface area contributed by atoms with Crippen molar-refractivity contribution < 1.29 is 19.1 Å². The highest BCUT2D eigenvalue weighted by molar-refractivity contribution is 5.98. The smallest absolute Gasteiger partial charge is 0.338 e. The Morgan fingerprint density at radius 2 is 1.92 bits per heavy atom. The van der Waals surface area contributed by atoms with Gasteiger partial charge in [-0.3, -0.25) is 4.79 Å². The number of esters is 1. The first-order valence-electron chi connectivity index (χ1n) is 8.70. The van der Waals surface area contributed by atoms with Gasteiger partial charge < -0.3 is 14.8 Å². The molecule has 0 saturated heterocycles. The zero-order chi connectivity index (χ0) is 17.9. The van der Waals surface area contributed by atoms with E-state index in [1.807, 2.05) is 42.5 Å². The summed E-state index contributed by atoms with van der Waals surface area (Å²) in [5, 5.41) is 2.78. The summed E-state index contributed by atoms with van der Waals surface area (Å²) in [6, 6.07) is 13.4. The third-order valence-corrected chi connectivity index (χ3v) is 4.61. The molecule has 1 N–H and O–H groups in total. The number of hydrogen-bond acceptors (Lipinski definition) is 4. The van der Waals surface area contributed by atoms with Crippen LogP contribution < -0.4 is 10.1 Å². The average Bonchev–Trinajstić information content (AvgIpc) is 3.13. The normalized spacial score (nSPS) is 14.5. The van der Waals surface area contributed by atoms with Crippen LogP contribution in [0.4, 0.5) is 5.69 Å². The molecule has 0 fully saturated rings. The maximum absolute atomic E-state index is 12.2. The van der Waals surface area contributed by atoms with E-state index in [1.165, 1.54) is 11.1 Å². The lowest BCUT2D eigenvalue weighted by atomic mass is 10.1. The number of benzene rings is 2. The van der Waals surface area contributed by atoms with Gasteiger partial charge in [0.2, 0.25) is 0 Å². The number of ether oxygens (including phenoxy) is 2. The molecule has 0 spiro atoms. The van der Waals surface area contributed by atoms with Crippen molar-refractivity contribution in [1.82, 2.24) is 0 Å². The summed E-state index contributed by atoms with van der Waals surface area (Å²) in [4.78, 5) is 24.2. The van der Waals surface area contributed by atoms with Crippen LogP contribution in [-0.4, -0.2) is 25.1 Å². The van der Waals surface area contributed by atoms with Gasteiger partial charge in [-0.1, -0.05) is 24.3 Å². The molecule has 4 rings (SSSR count). The van der Waals surface area contributed by atoms with Crippen molar-refractivity contribution in [2.75, 3.05) is 18.5 Å². The monoisotopic (exact) mass is 349 g/mol. The molecular weight excluding hydrogens is 330 g/mol. The fourth-order valence-electron chi connectivity index (χ4n) is 3.30. The minimum atomic E-state index is -0.538. The summed E-state index contributed by atoms with van der Waals surface area (Å²) in [6.45, 7) is -0.183. The molecule has 0 unspecified atom stereocenters. The quantitative estimate of drug-likeness (QED) is 0.862. The predicted octanol–water partition coefficient (Wildman–Crippen LogP) is 3.13. The number of rotatable bonds is 4. The third-order valence-electron chi connectivity index (χ3n) is 4.61. The number of hydrogen-bond donors (Lipinski definition) is 1. The average molecular weight is 349 g/mol. The molecule has 1 heterocycles. The van der Waals surface area contributed by atoms with Gasteiger partial charge in [-0.05, 0) is 54.7 Å². The molecule has 0 atom stereocenters. The third kappa shape index (κ3) is 3.47. The van der Waals surface area contributed by atoms with Crippen LogP contribution in [0.5, 0.6) is 5.75 Å². The number of carbonyl (C=O) groups is 2. The maximum atomic E-state index is 12.2. The first-order valence-corrected chi connectivity index (χ1v) is 8.70. The van der Waals surface area contributed by atoms with Crippen LogP contribution in [0, 0.1) is 0 Å². The lowest BCUT2D eigenvalue weighted by molar-refractivity contribution is -0.143. The van der Waals surface area contributed by atoms with Crippen molar-refractivity contribution >= 4 is 23.6 Å². The predicted molar refractivity (Wildman–Crippen MR) is 98.0 cm³/mol. The molecule has 2 aliphatic rings. The lowest BCUT2D eigenvalue weighted by Gasteiger charge is -2.16. The maximum Gasteiger partial charge on any atom is 0.338 e. The van der Waals surface area contributed by atoms with E-state index >= 15 is 0 Å². The van der Waals surface area contributed by atoms with Crippen molar-refractivity contribution in [1.29, 1.82) is 0 Å². The topological polar surface area (TPSA) is 64.6 Å². The van der Waals surface area contributed by atoms with Gasteiger partial charge in [0.15, 0.2) is 6.61 Å². The van der Waals surface area contributed by atoms with Gasteiger partial charge in [0.25, 0.3) is 5.91 Å². The standard InChI is InChI=1S/C21H19NO4/c23-20(22-18-9-8-14-5-3-6-15(14)11-18)13-26-21(24)17-10-16-4-1-2-7-19(16)25-12-17/h1-2,4,7-11H,3,5-6,12-13H2,(H,22,23). The summed E-state index contributed by atoms with van der Waals surface area (Å²) >= 11 is 0. The molecule has 132 valence electrons. The SMILES string of the molecule is O=C(COC(=O)C1=Cc2ccccc2OC1)Nc1ccc2c(c1)CCC2. The molecule has 0 bridgehead atoms. The van der Waals surface area contributed by atoms with Gasteiger partial charge in [0.05, 0.1) is 5.57 Å². The highest BCUT2D eigenvalue weighted by atomic mass is 16.5. The Hall–Kier alpha value is -3.08. The van der Waals surface area contributed by atoms with Crippen molar-refractivity contribution in [3.05, 3.63) is 64.7 Å². The molecule has 2 aromatic rings. The highest BCUT2D eigenvalue weighted by Crippen LogP contribution is 2.26. The van der Waals surface area contributed by atoms with Gasteiger partial charge >= 0.3 is 5.97 Å². The fraction of sp³-hybridized carbons (Fsp3) is 0.238. The second kappa shape index (κ2) is 7.04. The first kappa shape index (κ1) is 16.4. The summed E-state index contributed by atoms with van der Waals surface area (Å²) in [5.41, 5.74) is 4.59. The highest BCUT2D eigenvalue weighted by Gasteiger charge is 2.19. The van der Waals surface area contributed by atoms with E-state index in [9.17, 15) is 9.59 Å². The molecule has 0 saturated carbocycles. The van der Waals surface area contributed by atoms with E-state index in [1.54, 1.807) is 6.08 Å². The van der Waals surface area contributed by atoms with Crippen LogP contribution in [0.1, 0.15) is 23.1 Å². The first-order chi connectivity index (χ1) is 12.7. The van der Waals surface area contributed by atoms with E-state index in [2.05, 4.69) is 5.32 Å². The van der Waals surface area contributed by atoms with Crippen LogP contribution in [0.15, 0.2) is 48.0 Å². The Morgan fingerprint density at radius 3 is 2.85 bits per heavy atom. The van der Waals surface area contributed by atoms with Crippen LogP contribution in [0.25, 0.3) is 6.08 Å².